The lowest BCUT2D eigenvalue weighted by Gasteiger charge is -2.44. The monoisotopic (exact) mass is 787 g/mol. The summed E-state index contributed by atoms with van der Waals surface area (Å²) in [5.41, 5.74) is -2.44. The second-order valence-electron chi connectivity index (χ2n) is 15.4. The van der Waals surface area contributed by atoms with Crippen LogP contribution in [0.15, 0.2) is 0 Å². The van der Waals surface area contributed by atoms with Crippen molar-refractivity contribution >= 4 is 22.7 Å². The first-order valence-electron chi connectivity index (χ1n) is 21.6. The molecule has 0 atom stereocenters. The van der Waals surface area contributed by atoms with E-state index in [9.17, 15) is 28.8 Å². The molecule has 0 aromatic rings. The van der Waals surface area contributed by atoms with Crippen LogP contribution in [0.4, 0.5) is 0 Å². The Morgan fingerprint density at radius 2 is 0.577 bits per heavy atom. The van der Waals surface area contributed by atoms with Gasteiger partial charge in [-0.1, -0.05) is 219 Å². The molecule has 0 saturated carbocycles. The molecule has 52 heavy (non-hydrogen) atoms. The summed E-state index contributed by atoms with van der Waals surface area (Å²) >= 11 is -5.29. The van der Waals surface area contributed by atoms with E-state index in [1.807, 2.05) is 0 Å². The van der Waals surface area contributed by atoms with Crippen molar-refractivity contribution in [1.29, 1.82) is 0 Å². The van der Waals surface area contributed by atoms with Crippen LogP contribution in [0, 0.1) is 5.41 Å². The molecule has 0 aliphatic rings. The van der Waals surface area contributed by atoms with Crippen molar-refractivity contribution in [2.24, 2.45) is 5.41 Å². The predicted octanol–water partition coefficient (Wildman–Crippen LogP) is 11.3. The van der Waals surface area contributed by atoms with Gasteiger partial charge in [-0.05, 0) is 12.8 Å². The number of aliphatic hydroxyl groups is 4. The van der Waals surface area contributed by atoms with Crippen LogP contribution in [0.5, 0.6) is 0 Å². The quantitative estimate of drug-likeness (QED) is 0.0262. The zero-order valence-corrected chi connectivity index (χ0v) is 35.5. The lowest BCUT2D eigenvalue weighted by atomic mass is 9.68. The van der Waals surface area contributed by atoms with Crippen LogP contribution in [0.25, 0.3) is 0 Å². The molecular formula is C41H86O9S2. The van der Waals surface area contributed by atoms with E-state index in [-0.39, 0.29) is 19.8 Å². The van der Waals surface area contributed by atoms with Gasteiger partial charge in [-0.25, -0.2) is 0 Å². The Kier molecular flexibility index (Phi) is 42.3. The summed E-state index contributed by atoms with van der Waals surface area (Å²) in [5.74, 6) is 0. The van der Waals surface area contributed by atoms with Crippen LogP contribution in [0.1, 0.15) is 232 Å². The molecule has 0 saturated heterocycles. The fraction of sp³-hybridized carbons (Fsp3) is 1.00. The standard InChI is InChI=1S/C41H84O4.H2O5S2/c1-3-5-7-9-11-13-15-17-19-21-23-25-27-29-31-33-35-41(45,40(37-42,38-43)39-44)36-34-32-30-28-26-24-22-20-18-16-14-12-10-8-6-4-2;1-6(2)5-7(3)4/h42-45H,3-39H2,1-2H3;(H,1,2)(H,3,4). The molecule has 9 nitrogen and oxygen atoms in total. The zero-order chi connectivity index (χ0) is 39.0. The van der Waals surface area contributed by atoms with Crippen LogP contribution in [0.2, 0.25) is 0 Å². The normalized spacial score (nSPS) is 13.2. The summed E-state index contributed by atoms with van der Waals surface area (Å²) in [5, 5.41) is 42.0. The number of hydrogen-bond donors (Lipinski definition) is 6. The van der Waals surface area contributed by atoms with E-state index < -0.39 is 33.7 Å². The van der Waals surface area contributed by atoms with E-state index in [1.54, 1.807) is 0 Å². The number of unbranched alkanes of at least 4 members (excludes halogenated alkanes) is 30. The Morgan fingerprint density at radius 3 is 0.731 bits per heavy atom. The van der Waals surface area contributed by atoms with Gasteiger partial charge in [-0.15, -0.1) is 3.63 Å². The molecule has 0 radical (unpaired) electrons. The number of hydrogen-bond acceptors (Lipinski definition) is 7. The zero-order valence-electron chi connectivity index (χ0n) is 33.9. The molecular weight excluding hydrogens is 701 g/mol. The highest BCUT2D eigenvalue weighted by Gasteiger charge is 2.48. The minimum Gasteiger partial charge on any atom is -0.395 e. The molecule has 0 unspecified atom stereocenters. The summed E-state index contributed by atoms with van der Waals surface area (Å²) in [6.45, 7) is 3.42. The van der Waals surface area contributed by atoms with E-state index in [0.29, 0.717) is 12.8 Å². The molecule has 0 aliphatic carbocycles. The van der Waals surface area contributed by atoms with E-state index in [4.69, 9.17) is 9.11 Å². The van der Waals surface area contributed by atoms with Gasteiger partial charge < -0.3 is 20.4 Å². The van der Waals surface area contributed by atoms with Gasteiger partial charge in [0.25, 0.3) is 0 Å². The second kappa shape index (κ2) is 40.7. The third-order valence-electron chi connectivity index (χ3n) is 10.9. The molecule has 0 bridgehead atoms. The maximum Gasteiger partial charge on any atom is 0.317 e. The van der Waals surface area contributed by atoms with Gasteiger partial charge in [-0.3, -0.25) is 9.11 Å². The molecule has 11 heteroatoms. The van der Waals surface area contributed by atoms with Gasteiger partial charge in [0.15, 0.2) is 0 Å². The molecule has 0 amide bonds. The van der Waals surface area contributed by atoms with Crippen molar-refractivity contribution < 1.29 is 41.6 Å². The highest BCUT2D eigenvalue weighted by Crippen LogP contribution is 2.39. The van der Waals surface area contributed by atoms with Gasteiger partial charge in [0.1, 0.15) is 0 Å². The number of rotatable bonds is 40. The predicted molar refractivity (Wildman–Crippen MR) is 220 cm³/mol. The van der Waals surface area contributed by atoms with Gasteiger partial charge in [0.2, 0.25) is 0 Å². The third-order valence-corrected chi connectivity index (χ3v) is 11.8. The van der Waals surface area contributed by atoms with Gasteiger partial charge in [0.05, 0.1) is 30.8 Å². The maximum absolute atomic E-state index is 11.7. The molecule has 0 aromatic heterocycles. The van der Waals surface area contributed by atoms with Crippen molar-refractivity contribution in [3.05, 3.63) is 0 Å². The third kappa shape index (κ3) is 33.4. The first-order valence-corrected chi connectivity index (χ1v) is 23.7. The minimum atomic E-state index is -2.65. The summed E-state index contributed by atoms with van der Waals surface area (Å²) in [6, 6.07) is 0. The topological polar surface area (TPSA) is 165 Å². The Bertz CT molecular complexity index is 712. The van der Waals surface area contributed by atoms with Gasteiger partial charge in [0, 0.05) is 0 Å². The van der Waals surface area contributed by atoms with Gasteiger partial charge >= 0.3 is 22.7 Å². The largest absolute Gasteiger partial charge is 0.395 e. The molecule has 0 fully saturated rings. The lowest BCUT2D eigenvalue weighted by molar-refractivity contribution is -0.162. The average molecular weight is 787 g/mol. The van der Waals surface area contributed by atoms with E-state index in [1.165, 1.54) is 180 Å². The summed E-state index contributed by atoms with van der Waals surface area (Å²) in [6.07, 6.45) is 43.0. The summed E-state index contributed by atoms with van der Waals surface area (Å²) in [7, 11) is 0. The first-order chi connectivity index (χ1) is 25.2. The van der Waals surface area contributed by atoms with Crippen molar-refractivity contribution in [2.45, 2.75) is 238 Å². The highest BCUT2D eigenvalue weighted by atomic mass is 32.3. The molecule has 0 heterocycles. The molecule has 0 aliphatic heterocycles. The van der Waals surface area contributed by atoms with Crippen LogP contribution >= 0.6 is 0 Å². The highest BCUT2D eigenvalue weighted by molar-refractivity contribution is 7.87. The van der Waals surface area contributed by atoms with E-state index >= 15 is 0 Å². The SMILES string of the molecule is CCCCCCCCCCCCCCCCCCC(O)(CCCCCCCCCCCCCCCCCC)C(CO)(CO)CO.O=S(O)OS(=O)O. The van der Waals surface area contributed by atoms with Crippen LogP contribution in [0.3, 0.4) is 0 Å². The van der Waals surface area contributed by atoms with Crippen molar-refractivity contribution in [3.8, 4) is 0 Å². The Hall–Kier alpha value is 0.0200. The molecule has 316 valence electrons. The summed E-state index contributed by atoms with van der Waals surface area (Å²) in [4.78, 5) is 0. The molecule has 0 aromatic carbocycles. The van der Waals surface area contributed by atoms with Crippen molar-refractivity contribution in [1.82, 2.24) is 0 Å². The van der Waals surface area contributed by atoms with Crippen molar-refractivity contribution in [3.63, 3.8) is 0 Å². The minimum absolute atomic E-state index is 0.381. The summed E-state index contributed by atoms with van der Waals surface area (Å²) < 4.78 is 37.2. The number of aliphatic hydroxyl groups excluding tert-OH is 3. The van der Waals surface area contributed by atoms with E-state index in [2.05, 4.69) is 17.5 Å². The fourth-order valence-corrected chi connectivity index (χ4v) is 7.63. The molecule has 6 N–H and O–H groups in total. The lowest BCUT2D eigenvalue weighted by Crippen LogP contribution is -2.55. The van der Waals surface area contributed by atoms with Crippen LogP contribution in [-0.4, -0.2) is 63.4 Å². The van der Waals surface area contributed by atoms with Crippen LogP contribution in [-0.2, 0) is 26.4 Å². The second-order valence-corrected chi connectivity index (χ2v) is 16.8. The molecule has 0 spiro atoms. The smallest absolute Gasteiger partial charge is 0.317 e. The Labute approximate surface area is 326 Å². The molecule has 0 rings (SSSR count). The maximum atomic E-state index is 11.7. The van der Waals surface area contributed by atoms with Gasteiger partial charge in [-0.2, -0.15) is 8.42 Å². The average Bonchev–Trinajstić information content (AvgIpc) is 3.12. The Morgan fingerprint density at radius 1 is 0.385 bits per heavy atom. The first kappa shape index (κ1) is 54.1. The van der Waals surface area contributed by atoms with E-state index in [0.717, 1.165) is 25.7 Å². The Balaban J connectivity index is 0. The van der Waals surface area contributed by atoms with Crippen molar-refractivity contribution in [2.75, 3.05) is 19.8 Å². The van der Waals surface area contributed by atoms with Crippen LogP contribution < -0.4 is 0 Å². The fourth-order valence-electron chi connectivity index (χ4n) is 7.23.